The van der Waals surface area contributed by atoms with Crippen molar-refractivity contribution in [1.29, 1.82) is 5.26 Å². The lowest BCUT2D eigenvalue weighted by atomic mass is 9.50. The van der Waals surface area contributed by atoms with Crippen LogP contribution in [0.5, 0.6) is 0 Å². The Morgan fingerprint density at radius 2 is 2.47 bits per heavy atom. The Balaban J connectivity index is 2.06. The highest BCUT2D eigenvalue weighted by molar-refractivity contribution is 9.11. The van der Waals surface area contributed by atoms with E-state index in [0.717, 1.165) is 21.4 Å². The Kier molecular flexibility index (Phi) is 3.90. The van der Waals surface area contributed by atoms with Gasteiger partial charge in [0.25, 0.3) is 6.71 Å². The fourth-order valence-corrected chi connectivity index (χ4v) is 3.17. The van der Waals surface area contributed by atoms with Crippen molar-refractivity contribution in [3.05, 3.63) is 16.0 Å². The molecular weight excluding hydrogens is 297 g/mol. The van der Waals surface area contributed by atoms with Gasteiger partial charge in [0.2, 0.25) is 0 Å². The zero-order chi connectivity index (χ0) is 12.4. The van der Waals surface area contributed by atoms with Crippen molar-refractivity contribution < 1.29 is 0 Å². The van der Waals surface area contributed by atoms with E-state index in [9.17, 15) is 0 Å². The first kappa shape index (κ1) is 12.7. The van der Waals surface area contributed by atoms with Gasteiger partial charge in [0.1, 0.15) is 4.83 Å². The average molecular weight is 310 g/mol. The summed E-state index contributed by atoms with van der Waals surface area (Å²) in [7, 11) is 0. The molecule has 0 aliphatic rings. The molecule has 6 heteroatoms. The summed E-state index contributed by atoms with van der Waals surface area (Å²) in [6.07, 6.45) is 4.00. The molecule has 0 saturated carbocycles. The highest BCUT2D eigenvalue weighted by Gasteiger charge is 2.13. The fourth-order valence-electron chi connectivity index (χ4n) is 1.73. The molecule has 3 nitrogen and oxygen atoms in total. The minimum Gasteiger partial charge on any atom is -0.268 e. The standard InChI is InChI=1S/C11H13BBrN3S/c1-8(3-4-12(2)7-14)16-6-9-5-10(13)17-11(9)15-16/h5-6,8H,3-4H2,1-2H3. The number of nitriles is 1. The number of fused-ring (bicyclic) bond motifs is 1. The van der Waals surface area contributed by atoms with Gasteiger partial charge in [-0.25, -0.2) is 5.26 Å². The van der Waals surface area contributed by atoms with Crippen LogP contribution in [0.25, 0.3) is 10.2 Å². The van der Waals surface area contributed by atoms with E-state index in [1.165, 1.54) is 5.39 Å². The SMILES string of the molecule is CB(C#N)CCC(C)n1cc2cc(Br)sc2n1. The predicted octanol–water partition coefficient (Wildman–Crippen LogP) is 4.00. The van der Waals surface area contributed by atoms with Gasteiger partial charge < -0.3 is 0 Å². The maximum atomic E-state index is 8.75. The Morgan fingerprint density at radius 3 is 3.12 bits per heavy atom. The topological polar surface area (TPSA) is 41.6 Å². The molecule has 2 heterocycles. The van der Waals surface area contributed by atoms with Crippen molar-refractivity contribution in [2.75, 3.05) is 0 Å². The molecule has 0 saturated heterocycles. The summed E-state index contributed by atoms with van der Waals surface area (Å²) in [5.41, 5.74) is 0. The van der Waals surface area contributed by atoms with Crippen LogP contribution in [0.4, 0.5) is 0 Å². The first-order valence-electron chi connectivity index (χ1n) is 5.64. The largest absolute Gasteiger partial charge is 0.268 e. The number of thiophene rings is 1. The second-order valence-corrected chi connectivity index (χ2v) is 6.79. The van der Waals surface area contributed by atoms with Crippen molar-refractivity contribution >= 4 is 44.2 Å². The average Bonchev–Trinajstić information content (AvgIpc) is 2.82. The highest BCUT2D eigenvalue weighted by atomic mass is 79.9. The van der Waals surface area contributed by atoms with Crippen LogP contribution in [0.3, 0.4) is 0 Å². The highest BCUT2D eigenvalue weighted by Crippen LogP contribution is 2.29. The van der Waals surface area contributed by atoms with Gasteiger partial charge in [-0.2, -0.15) is 5.10 Å². The van der Waals surface area contributed by atoms with Gasteiger partial charge in [-0.3, -0.25) is 4.68 Å². The predicted molar refractivity (Wildman–Crippen MR) is 76.7 cm³/mol. The number of hydrogen-bond donors (Lipinski definition) is 0. The Morgan fingerprint density at radius 1 is 1.71 bits per heavy atom. The zero-order valence-corrected chi connectivity index (χ0v) is 12.3. The maximum absolute atomic E-state index is 8.75. The molecule has 17 heavy (non-hydrogen) atoms. The van der Waals surface area contributed by atoms with Crippen LogP contribution in [0.15, 0.2) is 16.0 Å². The minimum absolute atomic E-state index is 0.128. The molecule has 2 rings (SSSR count). The van der Waals surface area contributed by atoms with Crippen LogP contribution < -0.4 is 0 Å². The first-order chi connectivity index (χ1) is 8.10. The lowest BCUT2D eigenvalue weighted by Crippen LogP contribution is -2.10. The van der Waals surface area contributed by atoms with Crippen molar-refractivity contribution in [3.63, 3.8) is 0 Å². The van der Waals surface area contributed by atoms with Crippen molar-refractivity contribution in [3.8, 4) is 5.97 Å². The zero-order valence-electron chi connectivity index (χ0n) is 9.85. The molecule has 0 spiro atoms. The molecular formula is C11H13BBrN3S. The van der Waals surface area contributed by atoms with E-state index >= 15 is 0 Å². The van der Waals surface area contributed by atoms with Crippen LogP contribution in [0.1, 0.15) is 19.4 Å². The van der Waals surface area contributed by atoms with Crippen molar-refractivity contribution in [2.24, 2.45) is 0 Å². The van der Waals surface area contributed by atoms with Gasteiger partial charge in [-0.1, -0.05) is 13.1 Å². The van der Waals surface area contributed by atoms with Crippen LogP contribution in [0.2, 0.25) is 13.1 Å². The Hall–Kier alpha value is -0.795. The van der Waals surface area contributed by atoms with Crippen LogP contribution in [-0.2, 0) is 0 Å². The fraction of sp³-hybridized carbons (Fsp3) is 0.455. The van der Waals surface area contributed by atoms with Gasteiger partial charge in [0.15, 0.2) is 0 Å². The smallest absolute Gasteiger partial charge is 0.264 e. The molecule has 1 atom stereocenters. The first-order valence-corrected chi connectivity index (χ1v) is 7.25. The Labute approximate surface area is 114 Å². The molecule has 0 bridgehead atoms. The number of hydrogen-bond acceptors (Lipinski definition) is 3. The van der Waals surface area contributed by atoms with Gasteiger partial charge in [-0.05, 0) is 35.3 Å². The summed E-state index contributed by atoms with van der Waals surface area (Å²) in [5.74, 6) is 2.27. The third-order valence-electron chi connectivity index (χ3n) is 2.88. The monoisotopic (exact) mass is 309 g/mol. The second-order valence-electron chi connectivity index (χ2n) is 4.38. The van der Waals surface area contributed by atoms with Crippen molar-refractivity contribution in [1.82, 2.24) is 9.78 Å². The molecule has 2 aromatic rings. The summed E-state index contributed by atoms with van der Waals surface area (Å²) < 4.78 is 3.13. The summed E-state index contributed by atoms with van der Waals surface area (Å²) in [6.45, 7) is 4.24. The lowest BCUT2D eigenvalue weighted by Gasteiger charge is -2.11. The molecule has 0 fully saturated rings. The number of aromatic nitrogens is 2. The van der Waals surface area contributed by atoms with Gasteiger partial charge >= 0.3 is 0 Å². The number of nitrogens with zero attached hydrogens (tertiary/aromatic N) is 3. The van der Waals surface area contributed by atoms with Crippen LogP contribution in [0, 0.1) is 11.2 Å². The molecule has 0 aliphatic heterocycles. The van der Waals surface area contributed by atoms with Crippen molar-refractivity contribution in [2.45, 2.75) is 32.5 Å². The molecule has 0 amide bonds. The molecule has 1 unspecified atom stereocenters. The van der Waals surface area contributed by atoms with E-state index < -0.39 is 0 Å². The van der Waals surface area contributed by atoms with E-state index in [1.807, 2.05) is 11.5 Å². The summed E-state index contributed by atoms with van der Waals surface area (Å²) in [5, 5.41) is 14.5. The summed E-state index contributed by atoms with van der Waals surface area (Å²) >= 11 is 5.11. The molecule has 2 aromatic heterocycles. The Bertz CT molecular complexity index is 525. The molecule has 0 aromatic carbocycles. The van der Waals surface area contributed by atoms with E-state index in [2.05, 4.69) is 46.2 Å². The van der Waals surface area contributed by atoms with E-state index in [1.54, 1.807) is 11.3 Å². The van der Waals surface area contributed by atoms with E-state index in [-0.39, 0.29) is 6.71 Å². The van der Waals surface area contributed by atoms with Crippen LogP contribution in [-0.4, -0.2) is 16.5 Å². The van der Waals surface area contributed by atoms with Crippen LogP contribution >= 0.6 is 27.3 Å². The molecule has 0 radical (unpaired) electrons. The molecule has 0 aliphatic carbocycles. The third-order valence-corrected chi connectivity index (χ3v) is 4.42. The summed E-state index contributed by atoms with van der Waals surface area (Å²) in [6, 6.07) is 2.44. The van der Waals surface area contributed by atoms with Gasteiger partial charge in [0.05, 0.1) is 3.79 Å². The minimum atomic E-state index is 0.128. The molecule has 88 valence electrons. The molecule has 0 N–H and O–H groups in total. The summed E-state index contributed by atoms with van der Waals surface area (Å²) in [4.78, 5) is 1.07. The van der Waals surface area contributed by atoms with Gasteiger partial charge in [-0.15, -0.1) is 11.3 Å². The van der Waals surface area contributed by atoms with E-state index in [0.29, 0.717) is 6.04 Å². The maximum Gasteiger partial charge on any atom is 0.264 e. The number of halogens is 1. The quantitative estimate of drug-likeness (QED) is 0.801. The normalized spacial score (nSPS) is 12.6. The number of rotatable bonds is 4. The third kappa shape index (κ3) is 2.91. The van der Waals surface area contributed by atoms with Gasteiger partial charge in [0, 0.05) is 23.6 Å². The lowest BCUT2D eigenvalue weighted by molar-refractivity contribution is 0.481. The second kappa shape index (κ2) is 5.24. The van der Waals surface area contributed by atoms with E-state index in [4.69, 9.17) is 5.26 Å².